The molecule has 0 fully saturated rings. The lowest BCUT2D eigenvalue weighted by Crippen LogP contribution is -2.03. The molecule has 0 spiro atoms. The molecule has 0 bridgehead atoms. The number of ether oxygens (including phenoxy) is 1. The Morgan fingerprint density at radius 3 is 2.28 bits per heavy atom. The van der Waals surface area contributed by atoms with E-state index >= 15 is 0 Å². The first-order valence-electron chi connectivity index (χ1n) is 5.74. The van der Waals surface area contributed by atoms with E-state index in [0.29, 0.717) is 17.6 Å². The molecule has 3 nitrogen and oxygen atoms in total. The number of benzene rings is 1. The van der Waals surface area contributed by atoms with Crippen LogP contribution in [0.25, 0.3) is 0 Å². The predicted molar refractivity (Wildman–Crippen MR) is 72.0 cm³/mol. The second-order valence-electron chi connectivity index (χ2n) is 4.36. The maximum absolute atomic E-state index is 5.88. The first kappa shape index (κ1) is 12.8. The van der Waals surface area contributed by atoms with Gasteiger partial charge in [-0.2, -0.15) is 0 Å². The van der Waals surface area contributed by atoms with Gasteiger partial charge in [0.05, 0.1) is 0 Å². The van der Waals surface area contributed by atoms with Crippen molar-refractivity contribution in [1.29, 1.82) is 0 Å². The summed E-state index contributed by atoms with van der Waals surface area (Å²) in [6, 6.07) is 7.81. The number of hydrogen-bond donors (Lipinski definition) is 0. The summed E-state index contributed by atoms with van der Waals surface area (Å²) in [6.45, 7) is 6.29. The summed E-state index contributed by atoms with van der Waals surface area (Å²) in [4.78, 5) is 8.40. The largest absolute Gasteiger partial charge is 0.486 e. The van der Waals surface area contributed by atoms with Gasteiger partial charge in [0.2, 0.25) is 0 Å². The molecule has 94 valence electrons. The molecule has 0 amide bonds. The van der Waals surface area contributed by atoms with Crippen molar-refractivity contribution in [2.75, 3.05) is 0 Å². The van der Waals surface area contributed by atoms with E-state index < -0.39 is 0 Å². The fourth-order valence-corrected chi connectivity index (χ4v) is 2.07. The van der Waals surface area contributed by atoms with Crippen molar-refractivity contribution < 1.29 is 4.74 Å². The molecule has 4 heteroatoms. The van der Waals surface area contributed by atoms with Gasteiger partial charge < -0.3 is 4.74 Å². The van der Waals surface area contributed by atoms with E-state index in [1.165, 1.54) is 11.1 Å². The van der Waals surface area contributed by atoms with Crippen LogP contribution < -0.4 is 4.74 Å². The van der Waals surface area contributed by atoms with Crippen LogP contribution in [0.5, 0.6) is 5.75 Å². The van der Waals surface area contributed by atoms with Gasteiger partial charge in [-0.05, 0) is 50.1 Å². The lowest BCUT2D eigenvalue weighted by Gasteiger charge is -2.08. The Balaban J connectivity index is 2.11. The van der Waals surface area contributed by atoms with Crippen molar-refractivity contribution in [1.82, 2.24) is 9.97 Å². The molecule has 0 N–H and O–H groups in total. The fraction of sp³-hybridized carbons (Fsp3) is 0.286. The highest BCUT2D eigenvalue weighted by Crippen LogP contribution is 2.17. The van der Waals surface area contributed by atoms with Gasteiger partial charge in [-0.3, -0.25) is 0 Å². The fourth-order valence-electron chi connectivity index (χ4n) is 1.82. The third-order valence-electron chi connectivity index (χ3n) is 2.43. The van der Waals surface area contributed by atoms with Gasteiger partial charge >= 0.3 is 0 Å². The maximum Gasteiger partial charge on any atom is 0.167 e. The molecule has 18 heavy (non-hydrogen) atoms. The SMILES string of the molecule is Cc1cc(C)cc(OCc2nc(C)cc(Cl)n2)c1. The lowest BCUT2D eigenvalue weighted by molar-refractivity contribution is 0.295. The van der Waals surface area contributed by atoms with Gasteiger partial charge in [-0.1, -0.05) is 17.7 Å². The minimum Gasteiger partial charge on any atom is -0.486 e. The second kappa shape index (κ2) is 5.36. The molecule has 0 aliphatic heterocycles. The minimum absolute atomic E-state index is 0.324. The number of aromatic nitrogens is 2. The summed E-state index contributed by atoms with van der Waals surface area (Å²) >= 11 is 5.88. The van der Waals surface area contributed by atoms with Gasteiger partial charge in [0.15, 0.2) is 5.82 Å². The van der Waals surface area contributed by atoms with Crippen molar-refractivity contribution >= 4 is 11.6 Å². The van der Waals surface area contributed by atoms with Crippen molar-refractivity contribution in [2.45, 2.75) is 27.4 Å². The molecule has 1 heterocycles. The van der Waals surface area contributed by atoms with Crippen LogP contribution >= 0.6 is 11.6 Å². The van der Waals surface area contributed by atoms with Crippen LogP contribution in [0.1, 0.15) is 22.6 Å². The standard InChI is InChI=1S/C14H15ClN2O/c1-9-4-10(2)6-12(5-9)18-8-14-16-11(3)7-13(15)17-14/h4-7H,8H2,1-3H3. The highest BCUT2D eigenvalue weighted by atomic mass is 35.5. The van der Waals surface area contributed by atoms with Gasteiger partial charge in [-0.15, -0.1) is 0 Å². The third kappa shape index (κ3) is 3.44. The smallest absolute Gasteiger partial charge is 0.167 e. The van der Waals surface area contributed by atoms with Crippen molar-refractivity contribution in [3.8, 4) is 5.75 Å². The Morgan fingerprint density at radius 1 is 1.00 bits per heavy atom. The molecule has 0 saturated heterocycles. The van der Waals surface area contributed by atoms with E-state index in [0.717, 1.165) is 11.4 Å². The summed E-state index contributed by atoms with van der Waals surface area (Å²) in [5.41, 5.74) is 3.19. The summed E-state index contributed by atoms with van der Waals surface area (Å²) in [5.74, 6) is 1.42. The van der Waals surface area contributed by atoms with Crippen LogP contribution in [-0.2, 0) is 6.61 Å². The maximum atomic E-state index is 5.88. The Kier molecular flexibility index (Phi) is 3.82. The van der Waals surface area contributed by atoms with Crippen LogP contribution in [-0.4, -0.2) is 9.97 Å². The molecule has 0 saturated carbocycles. The van der Waals surface area contributed by atoms with E-state index in [9.17, 15) is 0 Å². The van der Waals surface area contributed by atoms with Crippen molar-refractivity contribution in [3.63, 3.8) is 0 Å². The van der Waals surface area contributed by atoms with E-state index in [-0.39, 0.29) is 0 Å². The summed E-state index contributed by atoms with van der Waals surface area (Å²) < 4.78 is 5.68. The zero-order chi connectivity index (χ0) is 13.1. The van der Waals surface area contributed by atoms with Gasteiger partial charge in [0.1, 0.15) is 17.5 Å². The van der Waals surface area contributed by atoms with Crippen LogP contribution in [0.3, 0.4) is 0 Å². The normalized spacial score (nSPS) is 10.4. The monoisotopic (exact) mass is 262 g/mol. The lowest BCUT2D eigenvalue weighted by atomic mass is 10.1. The number of rotatable bonds is 3. The summed E-state index contributed by atoms with van der Waals surface area (Å²) in [6.07, 6.45) is 0. The Bertz CT molecular complexity index is 478. The molecular formula is C14H15ClN2O. The van der Waals surface area contributed by atoms with Crippen molar-refractivity contribution in [3.05, 3.63) is 52.1 Å². The zero-order valence-corrected chi connectivity index (χ0v) is 11.5. The number of aryl methyl sites for hydroxylation is 3. The molecule has 1 aromatic carbocycles. The van der Waals surface area contributed by atoms with Gasteiger partial charge in [0.25, 0.3) is 0 Å². The van der Waals surface area contributed by atoms with E-state index in [2.05, 4.69) is 16.0 Å². The Morgan fingerprint density at radius 2 is 1.67 bits per heavy atom. The first-order valence-corrected chi connectivity index (χ1v) is 6.12. The quantitative estimate of drug-likeness (QED) is 0.793. The molecule has 2 rings (SSSR count). The molecular weight excluding hydrogens is 248 g/mol. The summed E-state index contributed by atoms with van der Waals surface area (Å²) in [7, 11) is 0. The van der Waals surface area contributed by atoms with Crippen LogP contribution in [0, 0.1) is 20.8 Å². The average molecular weight is 263 g/mol. The van der Waals surface area contributed by atoms with Crippen LogP contribution in [0.2, 0.25) is 5.15 Å². The number of halogens is 1. The van der Waals surface area contributed by atoms with Gasteiger partial charge in [0, 0.05) is 5.69 Å². The average Bonchev–Trinajstić information content (AvgIpc) is 2.23. The first-order chi connectivity index (χ1) is 8.52. The highest BCUT2D eigenvalue weighted by Gasteiger charge is 2.03. The molecule has 0 aliphatic carbocycles. The molecule has 0 atom stereocenters. The highest BCUT2D eigenvalue weighted by molar-refractivity contribution is 6.29. The van der Waals surface area contributed by atoms with Crippen molar-refractivity contribution in [2.24, 2.45) is 0 Å². The number of nitrogens with zero attached hydrogens (tertiary/aromatic N) is 2. The van der Waals surface area contributed by atoms with E-state index in [1.54, 1.807) is 6.07 Å². The van der Waals surface area contributed by atoms with Crippen LogP contribution in [0.4, 0.5) is 0 Å². The predicted octanol–water partition coefficient (Wildman–Crippen LogP) is 3.63. The van der Waals surface area contributed by atoms with Crippen LogP contribution in [0.15, 0.2) is 24.3 Å². The Hall–Kier alpha value is -1.61. The minimum atomic E-state index is 0.324. The topological polar surface area (TPSA) is 35.0 Å². The molecule has 0 unspecified atom stereocenters. The second-order valence-corrected chi connectivity index (χ2v) is 4.75. The number of hydrogen-bond acceptors (Lipinski definition) is 3. The molecule has 2 aromatic rings. The van der Waals surface area contributed by atoms with E-state index in [1.807, 2.05) is 32.9 Å². The van der Waals surface area contributed by atoms with Gasteiger partial charge in [-0.25, -0.2) is 9.97 Å². The molecule has 0 radical (unpaired) electrons. The third-order valence-corrected chi connectivity index (χ3v) is 2.63. The molecule has 1 aromatic heterocycles. The van der Waals surface area contributed by atoms with E-state index in [4.69, 9.17) is 16.3 Å². The zero-order valence-electron chi connectivity index (χ0n) is 10.7. The Labute approximate surface area is 112 Å². The summed E-state index contributed by atoms with van der Waals surface area (Å²) in [5, 5.41) is 0.446. The molecule has 0 aliphatic rings.